The Morgan fingerprint density at radius 3 is 2.47 bits per heavy atom. The average molecular weight is 286 g/mol. The van der Waals surface area contributed by atoms with Gasteiger partial charge in [-0.05, 0) is 36.8 Å². The van der Waals surface area contributed by atoms with E-state index in [1.54, 1.807) is 6.07 Å². The SMILES string of the molecule is CC(C)C1CCN(S(=O)(=O)c2ccc(CN)o2)CC1. The highest BCUT2D eigenvalue weighted by Gasteiger charge is 2.32. The normalized spacial score (nSPS) is 19.2. The molecule has 1 aliphatic heterocycles. The molecule has 1 aliphatic rings. The molecule has 2 heterocycles. The zero-order chi connectivity index (χ0) is 14.0. The minimum atomic E-state index is -3.49. The van der Waals surface area contributed by atoms with Gasteiger partial charge in [0.1, 0.15) is 5.76 Å². The Labute approximate surface area is 114 Å². The topological polar surface area (TPSA) is 76.5 Å². The van der Waals surface area contributed by atoms with Gasteiger partial charge in [-0.25, -0.2) is 8.42 Å². The lowest BCUT2D eigenvalue weighted by Gasteiger charge is -2.32. The quantitative estimate of drug-likeness (QED) is 0.915. The summed E-state index contributed by atoms with van der Waals surface area (Å²) in [6.07, 6.45) is 1.84. The van der Waals surface area contributed by atoms with Crippen LogP contribution in [0.25, 0.3) is 0 Å². The van der Waals surface area contributed by atoms with Gasteiger partial charge in [-0.2, -0.15) is 4.31 Å². The van der Waals surface area contributed by atoms with Crippen LogP contribution in [-0.2, 0) is 16.6 Å². The van der Waals surface area contributed by atoms with Gasteiger partial charge in [0, 0.05) is 13.1 Å². The van der Waals surface area contributed by atoms with Crippen molar-refractivity contribution < 1.29 is 12.8 Å². The van der Waals surface area contributed by atoms with Gasteiger partial charge in [0.05, 0.1) is 6.54 Å². The monoisotopic (exact) mass is 286 g/mol. The summed E-state index contributed by atoms with van der Waals surface area (Å²) >= 11 is 0. The second-order valence-corrected chi connectivity index (χ2v) is 7.28. The van der Waals surface area contributed by atoms with E-state index in [9.17, 15) is 8.42 Å². The summed E-state index contributed by atoms with van der Waals surface area (Å²) in [5, 5.41) is 0.0101. The van der Waals surface area contributed by atoms with Gasteiger partial charge in [0.2, 0.25) is 5.09 Å². The second kappa shape index (κ2) is 5.64. The highest BCUT2D eigenvalue weighted by atomic mass is 32.2. The molecule has 0 aromatic carbocycles. The van der Waals surface area contributed by atoms with Crippen molar-refractivity contribution in [1.29, 1.82) is 0 Å². The first-order chi connectivity index (χ1) is 8.95. The summed E-state index contributed by atoms with van der Waals surface area (Å²) in [6, 6.07) is 3.11. The van der Waals surface area contributed by atoms with Crippen LogP contribution in [0.3, 0.4) is 0 Å². The summed E-state index contributed by atoms with van der Waals surface area (Å²) in [4.78, 5) is 0. The lowest BCUT2D eigenvalue weighted by molar-refractivity contribution is 0.223. The summed E-state index contributed by atoms with van der Waals surface area (Å²) < 4.78 is 31.6. The zero-order valence-corrected chi connectivity index (χ0v) is 12.3. The minimum Gasteiger partial charge on any atom is -0.447 e. The third-order valence-electron chi connectivity index (χ3n) is 3.87. The smallest absolute Gasteiger partial charge is 0.276 e. The van der Waals surface area contributed by atoms with Gasteiger partial charge in [-0.15, -0.1) is 0 Å². The molecular formula is C13H22N2O3S. The average Bonchev–Trinajstić information content (AvgIpc) is 2.88. The molecule has 0 aliphatic carbocycles. The van der Waals surface area contributed by atoms with E-state index >= 15 is 0 Å². The zero-order valence-electron chi connectivity index (χ0n) is 11.5. The van der Waals surface area contributed by atoms with Crippen LogP contribution in [0.2, 0.25) is 0 Å². The van der Waals surface area contributed by atoms with E-state index < -0.39 is 10.0 Å². The molecule has 0 atom stereocenters. The third-order valence-corrected chi connectivity index (χ3v) is 5.65. The van der Waals surface area contributed by atoms with Crippen molar-refractivity contribution in [1.82, 2.24) is 4.31 Å². The second-order valence-electron chi connectivity index (χ2n) is 5.41. The molecule has 2 rings (SSSR count). The van der Waals surface area contributed by atoms with E-state index in [1.165, 1.54) is 10.4 Å². The number of hydrogen-bond donors (Lipinski definition) is 1. The number of rotatable bonds is 4. The number of furan rings is 1. The summed E-state index contributed by atoms with van der Waals surface area (Å²) in [6.45, 7) is 5.74. The molecule has 2 N–H and O–H groups in total. The van der Waals surface area contributed by atoms with Crippen LogP contribution < -0.4 is 5.73 Å². The van der Waals surface area contributed by atoms with E-state index in [0.717, 1.165) is 12.8 Å². The highest BCUT2D eigenvalue weighted by Crippen LogP contribution is 2.28. The number of hydrogen-bond acceptors (Lipinski definition) is 4. The Morgan fingerprint density at radius 1 is 1.37 bits per heavy atom. The lowest BCUT2D eigenvalue weighted by atomic mass is 9.87. The van der Waals surface area contributed by atoms with E-state index in [4.69, 9.17) is 10.2 Å². The Bertz CT molecular complexity index is 514. The van der Waals surface area contributed by atoms with Gasteiger partial charge in [-0.3, -0.25) is 0 Å². The maximum atomic E-state index is 12.4. The maximum absolute atomic E-state index is 12.4. The van der Waals surface area contributed by atoms with Crippen LogP contribution in [0.5, 0.6) is 0 Å². The molecule has 0 bridgehead atoms. The number of nitrogens with two attached hydrogens (primary N) is 1. The molecule has 0 amide bonds. The molecular weight excluding hydrogens is 264 g/mol. The van der Waals surface area contributed by atoms with Crippen molar-refractivity contribution >= 4 is 10.0 Å². The summed E-state index contributed by atoms with van der Waals surface area (Å²) in [5.41, 5.74) is 5.43. The Hall–Kier alpha value is -0.850. The Balaban J connectivity index is 2.09. The van der Waals surface area contributed by atoms with E-state index in [-0.39, 0.29) is 11.6 Å². The number of nitrogens with zero attached hydrogens (tertiary/aromatic N) is 1. The standard InChI is InChI=1S/C13H22N2O3S/c1-10(2)11-5-7-15(8-6-11)19(16,17)13-4-3-12(9-14)18-13/h3-4,10-11H,5-9,14H2,1-2H3. The fourth-order valence-electron chi connectivity index (χ4n) is 2.52. The number of piperidine rings is 1. The molecule has 0 spiro atoms. The maximum Gasteiger partial charge on any atom is 0.276 e. The highest BCUT2D eigenvalue weighted by molar-refractivity contribution is 7.89. The Kier molecular flexibility index (Phi) is 4.32. The molecule has 0 saturated carbocycles. The molecule has 108 valence electrons. The fraction of sp³-hybridized carbons (Fsp3) is 0.692. The molecule has 0 radical (unpaired) electrons. The van der Waals surface area contributed by atoms with Gasteiger partial charge in [0.15, 0.2) is 0 Å². The minimum absolute atomic E-state index is 0.0101. The summed E-state index contributed by atoms with van der Waals surface area (Å²) in [5.74, 6) is 1.72. The van der Waals surface area contributed by atoms with E-state index in [2.05, 4.69) is 13.8 Å². The predicted molar refractivity (Wildman–Crippen MR) is 72.9 cm³/mol. The van der Waals surface area contributed by atoms with Gasteiger partial charge in [0.25, 0.3) is 10.0 Å². The van der Waals surface area contributed by atoms with Crippen molar-refractivity contribution in [3.63, 3.8) is 0 Å². The van der Waals surface area contributed by atoms with Crippen LogP contribution in [-0.4, -0.2) is 25.8 Å². The van der Waals surface area contributed by atoms with Crippen LogP contribution in [0.4, 0.5) is 0 Å². The van der Waals surface area contributed by atoms with Crippen LogP contribution in [0.1, 0.15) is 32.4 Å². The molecule has 19 heavy (non-hydrogen) atoms. The molecule has 5 nitrogen and oxygen atoms in total. The van der Waals surface area contributed by atoms with Gasteiger partial charge >= 0.3 is 0 Å². The predicted octanol–water partition coefficient (Wildman–Crippen LogP) is 1.79. The first kappa shape index (κ1) is 14.6. The largest absolute Gasteiger partial charge is 0.447 e. The third kappa shape index (κ3) is 3.01. The number of sulfonamides is 1. The molecule has 1 saturated heterocycles. The molecule has 0 unspecified atom stereocenters. The van der Waals surface area contributed by atoms with Gasteiger partial charge in [-0.1, -0.05) is 13.8 Å². The van der Waals surface area contributed by atoms with Crippen molar-refractivity contribution in [2.24, 2.45) is 17.6 Å². The van der Waals surface area contributed by atoms with Crippen molar-refractivity contribution in [2.45, 2.75) is 38.3 Å². The van der Waals surface area contributed by atoms with E-state index in [1.807, 2.05) is 0 Å². The molecule has 6 heteroatoms. The first-order valence-electron chi connectivity index (χ1n) is 6.74. The fourth-order valence-corrected chi connectivity index (χ4v) is 3.91. The summed E-state index contributed by atoms with van der Waals surface area (Å²) in [7, 11) is -3.49. The van der Waals surface area contributed by atoms with Gasteiger partial charge < -0.3 is 10.2 Å². The first-order valence-corrected chi connectivity index (χ1v) is 8.18. The van der Waals surface area contributed by atoms with Crippen LogP contribution >= 0.6 is 0 Å². The molecule has 1 aromatic rings. The van der Waals surface area contributed by atoms with Crippen LogP contribution in [0.15, 0.2) is 21.6 Å². The van der Waals surface area contributed by atoms with Crippen molar-refractivity contribution in [3.05, 3.63) is 17.9 Å². The Morgan fingerprint density at radius 2 is 2.00 bits per heavy atom. The van der Waals surface area contributed by atoms with E-state index in [0.29, 0.717) is 30.7 Å². The van der Waals surface area contributed by atoms with Crippen LogP contribution in [0, 0.1) is 11.8 Å². The molecule has 1 fully saturated rings. The molecule has 1 aromatic heterocycles. The lowest BCUT2D eigenvalue weighted by Crippen LogP contribution is -2.39. The van der Waals surface area contributed by atoms with Crippen molar-refractivity contribution in [3.8, 4) is 0 Å². The van der Waals surface area contributed by atoms with Crippen molar-refractivity contribution in [2.75, 3.05) is 13.1 Å².